The molecule has 2 heterocycles. The zero-order valence-corrected chi connectivity index (χ0v) is 20.2. The molecule has 1 atom stereocenters. The number of hydrogen-bond donors (Lipinski definition) is 1. The highest BCUT2D eigenvalue weighted by Gasteiger charge is 2.26. The number of nitrogens with zero attached hydrogens (tertiary/aromatic N) is 3. The van der Waals surface area contributed by atoms with E-state index in [0.717, 1.165) is 51.2 Å². The maximum atomic E-state index is 6.37. The number of thioether (sulfide) groups is 1. The van der Waals surface area contributed by atoms with Crippen LogP contribution in [0, 0.1) is 6.92 Å². The largest absolute Gasteiger partial charge is 0.494 e. The molecule has 162 valence electrons. The Labute approximate surface area is 195 Å². The summed E-state index contributed by atoms with van der Waals surface area (Å²) in [4.78, 5) is 4.71. The molecule has 1 aliphatic heterocycles. The molecular weight excluding hydrogens is 476 g/mol. The van der Waals surface area contributed by atoms with Crippen LogP contribution in [-0.4, -0.2) is 27.5 Å². The number of halogens is 1. The van der Waals surface area contributed by atoms with Crippen LogP contribution in [0.5, 0.6) is 11.6 Å². The lowest BCUT2D eigenvalue weighted by Gasteiger charge is -2.20. The van der Waals surface area contributed by atoms with E-state index in [0.29, 0.717) is 23.3 Å². The number of unbranched alkanes of at least 4 members (excludes halogenated alkanes) is 1. The molecule has 0 saturated carbocycles. The summed E-state index contributed by atoms with van der Waals surface area (Å²) in [6, 6.07) is 12.1. The number of aromatic nitrogens is 3. The van der Waals surface area contributed by atoms with Crippen molar-refractivity contribution < 1.29 is 9.47 Å². The summed E-state index contributed by atoms with van der Waals surface area (Å²) in [6.07, 6.45) is 1.82. The smallest absolute Gasteiger partial charge is 0.247 e. The molecule has 0 bridgehead atoms. The summed E-state index contributed by atoms with van der Waals surface area (Å²) in [7, 11) is 0. The third-order valence-electron chi connectivity index (χ3n) is 4.92. The first-order valence-corrected chi connectivity index (χ1v) is 12.2. The Morgan fingerprint density at radius 1 is 1.16 bits per heavy atom. The maximum absolute atomic E-state index is 6.37. The highest BCUT2D eigenvalue weighted by atomic mass is 79.9. The van der Waals surface area contributed by atoms with Crippen molar-refractivity contribution >= 4 is 33.4 Å². The summed E-state index contributed by atoms with van der Waals surface area (Å²) in [5.41, 5.74) is 4.50. The molecule has 4 rings (SSSR count). The van der Waals surface area contributed by atoms with Gasteiger partial charge in [-0.1, -0.05) is 41.0 Å². The number of rotatable bonds is 7. The molecule has 0 radical (unpaired) electrons. The van der Waals surface area contributed by atoms with Crippen LogP contribution in [0.2, 0.25) is 0 Å². The predicted molar refractivity (Wildman–Crippen MR) is 128 cm³/mol. The molecule has 0 saturated heterocycles. The molecule has 0 spiro atoms. The predicted octanol–water partition coefficient (Wildman–Crippen LogP) is 6.40. The second-order valence-electron chi connectivity index (χ2n) is 7.24. The lowest BCUT2D eigenvalue weighted by atomic mass is 10.1. The van der Waals surface area contributed by atoms with Crippen LogP contribution in [0.3, 0.4) is 0 Å². The number of nitrogens with one attached hydrogen (secondary N) is 1. The van der Waals surface area contributed by atoms with Crippen LogP contribution in [0.4, 0.5) is 5.69 Å². The molecule has 2 aromatic carbocycles. The Bertz CT molecular complexity index is 1080. The summed E-state index contributed by atoms with van der Waals surface area (Å²) >= 11 is 5.17. The van der Waals surface area contributed by atoms with Crippen molar-refractivity contribution in [3.63, 3.8) is 0 Å². The SMILES string of the molecule is CCCCSc1nnc2c(n1)O[C@@H](c1ccc(OCC)c(C)c1)Nc1ccc(Br)cc1-2. The monoisotopic (exact) mass is 500 g/mol. The lowest BCUT2D eigenvalue weighted by Crippen LogP contribution is -2.17. The number of aryl methyl sites for hydroxylation is 1. The molecule has 3 aromatic rings. The average Bonchev–Trinajstić information content (AvgIpc) is 2.92. The van der Waals surface area contributed by atoms with E-state index in [1.165, 1.54) is 0 Å². The molecule has 31 heavy (non-hydrogen) atoms. The fourth-order valence-electron chi connectivity index (χ4n) is 3.34. The van der Waals surface area contributed by atoms with Gasteiger partial charge in [-0.05, 0) is 62.2 Å². The maximum Gasteiger partial charge on any atom is 0.247 e. The number of benzene rings is 2. The van der Waals surface area contributed by atoms with Crippen molar-refractivity contribution in [3.8, 4) is 22.9 Å². The first kappa shape index (κ1) is 21.9. The second kappa shape index (κ2) is 9.87. The Morgan fingerprint density at radius 2 is 2.03 bits per heavy atom. The topological polar surface area (TPSA) is 69.2 Å². The van der Waals surface area contributed by atoms with Crippen LogP contribution >= 0.6 is 27.7 Å². The van der Waals surface area contributed by atoms with E-state index in [9.17, 15) is 0 Å². The Kier molecular flexibility index (Phi) is 6.97. The van der Waals surface area contributed by atoms with Crippen LogP contribution in [0.1, 0.15) is 44.0 Å². The summed E-state index contributed by atoms with van der Waals surface area (Å²) in [5, 5.41) is 13.0. The van der Waals surface area contributed by atoms with Gasteiger partial charge in [-0.25, -0.2) is 0 Å². The zero-order valence-electron chi connectivity index (χ0n) is 17.8. The van der Waals surface area contributed by atoms with Gasteiger partial charge in [0, 0.05) is 27.0 Å². The molecule has 6 nitrogen and oxygen atoms in total. The third-order valence-corrected chi connectivity index (χ3v) is 6.34. The van der Waals surface area contributed by atoms with Gasteiger partial charge in [-0.2, -0.15) is 4.98 Å². The normalized spacial score (nSPS) is 14.6. The van der Waals surface area contributed by atoms with Crippen molar-refractivity contribution in [1.29, 1.82) is 0 Å². The van der Waals surface area contributed by atoms with Gasteiger partial charge in [0.15, 0.2) is 11.9 Å². The van der Waals surface area contributed by atoms with E-state index in [2.05, 4.69) is 44.4 Å². The van der Waals surface area contributed by atoms with Crippen molar-refractivity contribution in [2.75, 3.05) is 17.7 Å². The van der Waals surface area contributed by atoms with Gasteiger partial charge in [-0.15, -0.1) is 10.2 Å². The Morgan fingerprint density at radius 3 is 2.81 bits per heavy atom. The first-order valence-electron chi connectivity index (χ1n) is 10.4. The van der Waals surface area contributed by atoms with Crippen molar-refractivity contribution in [3.05, 3.63) is 52.0 Å². The zero-order chi connectivity index (χ0) is 21.8. The fourth-order valence-corrected chi connectivity index (χ4v) is 4.57. The van der Waals surface area contributed by atoms with E-state index in [4.69, 9.17) is 14.5 Å². The minimum absolute atomic E-state index is 0.416. The number of hydrogen-bond acceptors (Lipinski definition) is 7. The highest BCUT2D eigenvalue weighted by Crippen LogP contribution is 2.41. The Hall–Kier alpha value is -2.32. The van der Waals surface area contributed by atoms with Crippen LogP contribution < -0.4 is 14.8 Å². The standard InChI is InChI=1S/C23H25BrN4O2S/c1-4-6-11-31-23-26-22-20(27-28-23)17-13-16(24)8-9-18(17)25-21(30-22)15-7-10-19(29-5-2)14(3)12-15/h7-10,12-13,21,25H,4-6,11H2,1-3H3/t21-/m0/s1. The van der Waals surface area contributed by atoms with Crippen molar-refractivity contribution in [2.45, 2.75) is 45.0 Å². The van der Waals surface area contributed by atoms with E-state index >= 15 is 0 Å². The lowest BCUT2D eigenvalue weighted by molar-refractivity contribution is 0.225. The van der Waals surface area contributed by atoms with Gasteiger partial charge in [0.1, 0.15) is 5.75 Å². The van der Waals surface area contributed by atoms with E-state index in [1.807, 2.05) is 44.2 Å². The van der Waals surface area contributed by atoms with Crippen LogP contribution in [0.15, 0.2) is 46.0 Å². The minimum atomic E-state index is -0.416. The number of fused-ring (bicyclic) bond motifs is 3. The van der Waals surface area contributed by atoms with Gasteiger partial charge in [-0.3, -0.25) is 0 Å². The molecule has 0 unspecified atom stereocenters. The van der Waals surface area contributed by atoms with E-state index < -0.39 is 6.23 Å². The average molecular weight is 501 g/mol. The molecule has 1 aliphatic rings. The molecule has 8 heteroatoms. The van der Waals surface area contributed by atoms with Crippen molar-refractivity contribution in [1.82, 2.24) is 15.2 Å². The third kappa shape index (κ3) is 4.96. The Balaban J connectivity index is 1.73. The summed E-state index contributed by atoms with van der Waals surface area (Å²) in [6.45, 7) is 6.83. The van der Waals surface area contributed by atoms with Gasteiger partial charge in [0.25, 0.3) is 0 Å². The van der Waals surface area contributed by atoms with Gasteiger partial charge >= 0.3 is 0 Å². The molecule has 0 fully saturated rings. The van der Waals surface area contributed by atoms with E-state index in [1.54, 1.807) is 11.8 Å². The van der Waals surface area contributed by atoms with Gasteiger partial charge in [0.05, 0.1) is 6.61 Å². The molecule has 1 aromatic heterocycles. The fraction of sp³-hybridized carbons (Fsp3) is 0.348. The van der Waals surface area contributed by atoms with Crippen LogP contribution in [0.25, 0.3) is 11.3 Å². The second-order valence-corrected chi connectivity index (χ2v) is 9.22. The van der Waals surface area contributed by atoms with Gasteiger partial charge in [0.2, 0.25) is 11.0 Å². The molecule has 0 aliphatic carbocycles. The minimum Gasteiger partial charge on any atom is -0.494 e. The molecule has 0 amide bonds. The van der Waals surface area contributed by atoms with Crippen LogP contribution in [-0.2, 0) is 0 Å². The molecule has 1 N–H and O–H groups in total. The summed E-state index contributed by atoms with van der Waals surface area (Å²) < 4.78 is 13.0. The first-order chi connectivity index (χ1) is 15.1. The number of ether oxygens (including phenoxy) is 2. The highest BCUT2D eigenvalue weighted by molar-refractivity contribution is 9.10. The van der Waals surface area contributed by atoms with E-state index in [-0.39, 0.29) is 0 Å². The van der Waals surface area contributed by atoms with Crippen molar-refractivity contribution in [2.24, 2.45) is 0 Å². The number of anilines is 1. The quantitative estimate of drug-likeness (QED) is 0.297. The summed E-state index contributed by atoms with van der Waals surface area (Å²) in [5.74, 6) is 2.32. The molecular formula is C23H25BrN4O2S. The van der Waals surface area contributed by atoms with Gasteiger partial charge < -0.3 is 14.8 Å².